The number of ether oxygens (including phenoxy) is 1. The first-order chi connectivity index (χ1) is 14.1. The molecular formula is C24H20N2O3. The number of nitrogens with zero attached hydrogens (tertiary/aromatic N) is 1. The number of anilines is 2. The number of fused-ring (bicyclic) bond motifs is 4. The maximum Gasteiger partial charge on any atom is 0.268 e. The van der Waals surface area contributed by atoms with Crippen molar-refractivity contribution in [2.75, 3.05) is 16.8 Å². The Morgan fingerprint density at radius 3 is 2.69 bits per heavy atom. The minimum atomic E-state index is -0.615. The molecule has 3 aromatic rings. The Hall–Kier alpha value is -3.60. The number of benzene rings is 3. The zero-order valence-electron chi connectivity index (χ0n) is 16.0. The molecule has 1 atom stereocenters. The summed E-state index contributed by atoms with van der Waals surface area (Å²) in [5, 5.41) is 2.94. The first-order valence-corrected chi connectivity index (χ1v) is 9.68. The number of amides is 2. The molecule has 0 bridgehead atoms. The molecule has 1 N–H and O–H groups in total. The molecule has 144 valence electrons. The van der Waals surface area contributed by atoms with Crippen LogP contribution in [-0.4, -0.2) is 24.5 Å². The molecule has 2 amide bonds. The molecule has 0 saturated heterocycles. The second kappa shape index (κ2) is 6.78. The van der Waals surface area contributed by atoms with E-state index in [0.29, 0.717) is 11.4 Å². The van der Waals surface area contributed by atoms with Crippen LogP contribution in [0.2, 0.25) is 0 Å². The molecule has 5 rings (SSSR count). The van der Waals surface area contributed by atoms with Crippen LogP contribution in [0.15, 0.2) is 66.7 Å². The highest BCUT2D eigenvalue weighted by molar-refractivity contribution is 6.06. The summed E-state index contributed by atoms with van der Waals surface area (Å²) in [6, 6.07) is 21.6. The van der Waals surface area contributed by atoms with Gasteiger partial charge in [-0.3, -0.25) is 14.5 Å². The van der Waals surface area contributed by atoms with Gasteiger partial charge in [-0.25, -0.2) is 0 Å². The lowest BCUT2D eigenvalue weighted by Crippen LogP contribution is -2.47. The van der Waals surface area contributed by atoms with Gasteiger partial charge in [0.15, 0.2) is 6.10 Å². The minimum absolute atomic E-state index is 0.0547. The first kappa shape index (κ1) is 17.5. The van der Waals surface area contributed by atoms with Crippen molar-refractivity contribution >= 4 is 23.2 Å². The molecule has 0 radical (unpaired) electrons. The monoisotopic (exact) mass is 384 g/mol. The summed E-state index contributed by atoms with van der Waals surface area (Å²) in [7, 11) is 0. The third-order valence-corrected chi connectivity index (χ3v) is 5.45. The highest BCUT2D eigenvalue weighted by atomic mass is 16.5. The number of rotatable bonds is 3. The van der Waals surface area contributed by atoms with Crippen molar-refractivity contribution in [3.8, 4) is 16.9 Å². The van der Waals surface area contributed by atoms with E-state index in [0.717, 1.165) is 12.1 Å². The molecule has 5 heteroatoms. The van der Waals surface area contributed by atoms with E-state index in [1.807, 2.05) is 42.5 Å². The van der Waals surface area contributed by atoms with Crippen LogP contribution in [0, 0.1) is 0 Å². The number of para-hydroxylation sites is 2. The van der Waals surface area contributed by atoms with Gasteiger partial charge in [0, 0.05) is 5.69 Å². The zero-order valence-corrected chi connectivity index (χ0v) is 16.0. The van der Waals surface area contributed by atoms with Crippen molar-refractivity contribution in [2.24, 2.45) is 0 Å². The van der Waals surface area contributed by atoms with Crippen molar-refractivity contribution in [1.82, 2.24) is 0 Å². The van der Waals surface area contributed by atoms with Gasteiger partial charge in [-0.1, -0.05) is 42.5 Å². The van der Waals surface area contributed by atoms with Gasteiger partial charge in [-0.05, 0) is 59.9 Å². The second-order valence-corrected chi connectivity index (χ2v) is 7.41. The van der Waals surface area contributed by atoms with Crippen LogP contribution in [0.1, 0.15) is 18.1 Å². The van der Waals surface area contributed by atoms with Crippen LogP contribution < -0.4 is 15.0 Å². The third-order valence-electron chi connectivity index (χ3n) is 5.45. The van der Waals surface area contributed by atoms with Crippen molar-refractivity contribution < 1.29 is 14.3 Å². The van der Waals surface area contributed by atoms with Crippen LogP contribution in [0.25, 0.3) is 11.1 Å². The largest absolute Gasteiger partial charge is 0.479 e. The molecule has 5 nitrogen and oxygen atoms in total. The van der Waals surface area contributed by atoms with Crippen LogP contribution in [0.4, 0.5) is 11.4 Å². The predicted octanol–water partition coefficient (Wildman–Crippen LogP) is 4.01. The fraction of sp³-hybridized carbons (Fsp3) is 0.167. The van der Waals surface area contributed by atoms with Crippen LogP contribution in [0.3, 0.4) is 0 Å². The molecule has 0 fully saturated rings. The fourth-order valence-corrected chi connectivity index (χ4v) is 4.09. The van der Waals surface area contributed by atoms with Gasteiger partial charge in [0.1, 0.15) is 12.3 Å². The number of nitrogens with one attached hydrogen (secondary N) is 1. The van der Waals surface area contributed by atoms with Gasteiger partial charge in [0.05, 0.1) is 5.69 Å². The Kier molecular flexibility index (Phi) is 4.09. The summed E-state index contributed by atoms with van der Waals surface area (Å²) in [4.78, 5) is 26.8. The van der Waals surface area contributed by atoms with Gasteiger partial charge in [-0.15, -0.1) is 0 Å². The summed E-state index contributed by atoms with van der Waals surface area (Å²) in [5.41, 5.74) is 6.33. The molecule has 0 spiro atoms. The SMILES string of the molecule is C[C@H]1Oc2ccccc2N(CC(=O)Nc2ccc3c(c2)Cc2ccccc2-3)C1=O. The van der Waals surface area contributed by atoms with Crippen molar-refractivity contribution in [1.29, 1.82) is 0 Å². The van der Waals surface area contributed by atoms with Crippen molar-refractivity contribution in [2.45, 2.75) is 19.4 Å². The molecule has 0 unspecified atom stereocenters. The van der Waals surface area contributed by atoms with E-state index in [9.17, 15) is 9.59 Å². The lowest BCUT2D eigenvalue weighted by Gasteiger charge is -2.32. The van der Waals surface area contributed by atoms with Gasteiger partial charge in [-0.2, -0.15) is 0 Å². The number of hydrogen-bond donors (Lipinski definition) is 1. The quantitative estimate of drug-likeness (QED) is 0.581. The smallest absolute Gasteiger partial charge is 0.268 e. The number of carbonyl (C=O) groups is 2. The third kappa shape index (κ3) is 3.05. The lowest BCUT2D eigenvalue weighted by atomic mass is 10.1. The summed E-state index contributed by atoms with van der Waals surface area (Å²) >= 11 is 0. The van der Waals surface area contributed by atoms with Crippen LogP contribution in [-0.2, 0) is 16.0 Å². The molecule has 29 heavy (non-hydrogen) atoms. The van der Waals surface area contributed by atoms with Crippen LogP contribution >= 0.6 is 0 Å². The number of hydrogen-bond acceptors (Lipinski definition) is 3. The van der Waals surface area contributed by atoms with E-state index in [1.165, 1.54) is 27.2 Å². The Labute approximate surface area is 168 Å². The topological polar surface area (TPSA) is 58.6 Å². The van der Waals surface area contributed by atoms with Gasteiger partial charge in [0.25, 0.3) is 5.91 Å². The van der Waals surface area contributed by atoms with Crippen molar-refractivity contribution in [3.05, 3.63) is 77.9 Å². The van der Waals surface area contributed by atoms with Gasteiger partial charge < -0.3 is 10.1 Å². The first-order valence-electron chi connectivity index (χ1n) is 9.68. The Balaban J connectivity index is 1.34. The summed E-state index contributed by atoms with van der Waals surface area (Å²) in [6.45, 7) is 1.64. The van der Waals surface area contributed by atoms with Gasteiger partial charge >= 0.3 is 0 Å². The molecule has 2 aliphatic rings. The van der Waals surface area contributed by atoms with E-state index in [4.69, 9.17) is 4.74 Å². The predicted molar refractivity (Wildman–Crippen MR) is 112 cm³/mol. The Morgan fingerprint density at radius 1 is 1.03 bits per heavy atom. The zero-order chi connectivity index (χ0) is 20.0. The lowest BCUT2D eigenvalue weighted by molar-refractivity contribution is -0.127. The number of carbonyl (C=O) groups excluding carboxylic acids is 2. The molecule has 0 saturated carbocycles. The molecule has 0 aromatic heterocycles. The summed E-state index contributed by atoms with van der Waals surface area (Å²) in [5.74, 6) is 0.156. The average molecular weight is 384 g/mol. The van der Waals surface area contributed by atoms with Crippen molar-refractivity contribution in [3.63, 3.8) is 0 Å². The van der Waals surface area contributed by atoms with E-state index in [-0.39, 0.29) is 18.4 Å². The standard InChI is InChI=1S/C24H20N2O3/c1-15-24(28)26(21-8-4-5-9-22(21)29-15)14-23(27)25-18-10-11-20-17(13-18)12-16-6-2-3-7-19(16)20/h2-11,13,15H,12,14H2,1H3,(H,25,27)/t15-/m1/s1. The minimum Gasteiger partial charge on any atom is -0.479 e. The fourth-order valence-electron chi connectivity index (χ4n) is 4.09. The van der Waals surface area contributed by atoms with E-state index in [2.05, 4.69) is 17.4 Å². The molecule has 1 aliphatic carbocycles. The highest BCUT2D eigenvalue weighted by Crippen LogP contribution is 2.38. The highest BCUT2D eigenvalue weighted by Gasteiger charge is 2.32. The molecule has 1 heterocycles. The maximum atomic E-state index is 12.7. The van der Waals surface area contributed by atoms with E-state index >= 15 is 0 Å². The summed E-state index contributed by atoms with van der Waals surface area (Å²) < 4.78 is 5.63. The maximum absolute atomic E-state index is 12.7. The van der Waals surface area contributed by atoms with E-state index in [1.54, 1.807) is 19.1 Å². The summed E-state index contributed by atoms with van der Waals surface area (Å²) in [6.07, 6.45) is 0.249. The molecule has 1 aliphatic heterocycles. The van der Waals surface area contributed by atoms with E-state index < -0.39 is 6.10 Å². The van der Waals surface area contributed by atoms with Gasteiger partial charge in [0.2, 0.25) is 5.91 Å². The second-order valence-electron chi connectivity index (χ2n) is 7.41. The molecule has 3 aromatic carbocycles. The molecular weight excluding hydrogens is 364 g/mol. The normalized spacial score (nSPS) is 16.5. The Bertz CT molecular complexity index is 1140. The average Bonchev–Trinajstić information content (AvgIpc) is 3.09. The van der Waals surface area contributed by atoms with Crippen LogP contribution in [0.5, 0.6) is 5.75 Å². The Morgan fingerprint density at radius 2 is 1.79 bits per heavy atom.